The molecule has 2 amide bonds. The number of hydrogen-bond donors (Lipinski definition) is 2. The first-order chi connectivity index (χ1) is 9.13. The second kappa shape index (κ2) is 4.85. The summed E-state index contributed by atoms with van der Waals surface area (Å²) in [7, 11) is 0. The molecule has 0 spiro atoms. The second-order valence-electron chi connectivity index (χ2n) is 5.77. The zero-order valence-corrected chi connectivity index (χ0v) is 11.2. The van der Waals surface area contributed by atoms with E-state index in [9.17, 15) is 9.90 Å². The number of amides is 2. The van der Waals surface area contributed by atoms with E-state index in [-0.39, 0.29) is 18.1 Å². The van der Waals surface area contributed by atoms with E-state index in [0.29, 0.717) is 12.5 Å². The van der Waals surface area contributed by atoms with Crippen molar-refractivity contribution in [3.05, 3.63) is 29.8 Å². The highest BCUT2D eigenvalue weighted by atomic mass is 16.3. The maximum atomic E-state index is 12.2. The standard InChI is InChI=1S/C15H20N2O2/c1-10-3-2-4-12(7-10)16-15(19)17-8-11-5-6-14(18)13(11)9-17/h2-4,7,11,13-14,18H,5-6,8-9H2,1H3,(H,16,19). The van der Waals surface area contributed by atoms with Crippen LogP contribution in [0.1, 0.15) is 18.4 Å². The number of nitrogens with zero attached hydrogens (tertiary/aromatic N) is 1. The number of aliphatic hydroxyl groups excluding tert-OH is 1. The normalized spacial score (nSPS) is 29.4. The van der Waals surface area contributed by atoms with Crippen LogP contribution in [0.4, 0.5) is 10.5 Å². The van der Waals surface area contributed by atoms with Crippen LogP contribution in [-0.4, -0.2) is 35.2 Å². The summed E-state index contributed by atoms with van der Waals surface area (Å²) in [6.07, 6.45) is 1.71. The highest BCUT2D eigenvalue weighted by Gasteiger charge is 2.43. The predicted molar refractivity (Wildman–Crippen MR) is 74.0 cm³/mol. The Kier molecular flexibility index (Phi) is 3.19. The SMILES string of the molecule is Cc1cccc(NC(=O)N2CC3CCC(O)C3C2)c1. The molecule has 4 heteroatoms. The van der Waals surface area contributed by atoms with Crippen molar-refractivity contribution in [2.75, 3.05) is 18.4 Å². The van der Waals surface area contributed by atoms with E-state index in [1.54, 1.807) is 0 Å². The van der Waals surface area contributed by atoms with Gasteiger partial charge in [0.2, 0.25) is 0 Å². The zero-order chi connectivity index (χ0) is 13.4. The number of urea groups is 1. The monoisotopic (exact) mass is 260 g/mol. The van der Waals surface area contributed by atoms with Crippen LogP contribution >= 0.6 is 0 Å². The summed E-state index contributed by atoms with van der Waals surface area (Å²) in [5.41, 5.74) is 1.97. The first-order valence-corrected chi connectivity index (χ1v) is 6.94. The predicted octanol–water partition coefficient (Wildman–Crippen LogP) is 2.23. The third-order valence-electron chi connectivity index (χ3n) is 4.38. The number of nitrogens with one attached hydrogen (secondary N) is 1. The molecule has 1 aliphatic carbocycles. The molecule has 1 aliphatic heterocycles. The lowest BCUT2D eigenvalue weighted by Crippen LogP contribution is -2.34. The van der Waals surface area contributed by atoms with Gasteiger partial charge in [0.05, 0.1) is 6.10 Å². The van der Waals surface area contributed by atoms with E-state index >= 15 is 0 Å². The summed E-state index contributed by atoms with van der Waals surface area (Å²) in [5.74, 6) is 0.765. The molecule has 1 heterocycles. The molecule has 3 unspecified atom stereocenters. The molecule has 2 fully saturated rings. The molecule has 0 radical (unpaired) electrons. The summed E-state index contributed by atoms with van der Waals surface area (Å²) in [6, 6.07) is 7.76. The Bertz CT molecular complexity index is 489. The lowest BCUT2D eigenvalue weighted by molar-refractivity contribution is 0.127. The van der Waals surface area contributed by atoms with Gasteiger partial charge in [-0.05, 0) is 43.4 Å². The topological polar surface area (TPSA) is 52.6 Å². The number of hydrogen-bond acceptors (Lipinski definition) is 2. The minimum absolute atomic E-state index is 0.0489. The highest BCUT2D eigenvalue weighted by molar-refractivity contribution is 5.89. The number of anilines is 1. The maximum Gasteiger partial charge on any atom is 0.321 e. The average molecular weight is 260 g/mol. The first-order valence-electron chi connectivity index (χ1n) is 6.94. The molecule has 1 saturated carbocycles. The molecule has 0 bridgehead atoms. The minimum Gasteiger partial charge on any atom is -0.393 e. The lowest BCUT2D eigenvalue weighted by Gasteiger charge is -2.19. The van der Waals surface area contributed by atoms with Crippen LogP contribution in [-0.2, 0) is 0 Å². The van der Waals surface area contributed by atoms with Gasteiger partial charge in [-0.1, -0.05) is 12.1 Å². The lowest BCUT2D eigenvalue weighted by atomic mass is 10.00. The van der Waals surface area contributed by atoms with Crippen molar-refractivity contribution >= 4 is 11.7 Å². The Morgan fingerprint density at radius 2 is 2.21 bits per heavy atom. The van der Waals surface area contributed by atoms with Crippen LogP contribution in [0.3, 0.4) is 0 Å². The largest absolute Gasteiger partial charge is 0.393 e. The third kappa shape index (κ3) is 2.45. The number of benzene rings is 1. The molecular weight excluding hydrogens is 240 g/mol. The van der Waals surface area contributed by atoms with E-state index in [0.717, 1.165) is 30.6 Å². The van der Waals surface area contributed by atoms with Gasteiger partial charge in [0.25, 0.3) is 0 Å². The Balaban J connectivity index is 1.63. The Hall–Kier alpha value is -1.55. The van der Waals surface area contributed by atoms with Gasteiger partial charge in [0.1, 0.15) is 0 Å². The molecule has 0 aromatic heterocycles. The van der Waals surface area contributed by atoms with Crippen LogP contribution in [0.2, 0.25) is 0 Å². The maximum absolute atomic E-state index is 12.2. The number of carbonyl (C=O) groups is 1. The van der Waals surface area contributed by atoms with Crippen molar-refractivity contribution in [2.45, 2.75) is 25.9 Å². The molecule has 3 rings (SSSR count). The van der Waals surface area contributed by atoms with E-state index in [2.05, 4.69) is 5.32 Å². The molecule has 1 saturated heterocycles. The van der Waals surface area contributed by atoms with Crippen LogP contribution < -0.4 is 5.32 Å². The van der Waals surface area contributed by atoms with Gasteiger partial charge >= 0.3 is 6.03 Å². The number of aryl methyl sites for hydroxylation is 1. The number of fused-ring (bicyclic) bond motifs is 1. The first kappa shape index (κ1) is 12.5. The summed E-state index contributed by atoms with van der Waals surface area (Å²) < 4.78 is 0. The van der Waals surface area contributed by atoms with Gasteiger partial charge in [0.15, 0.2) is 0 Å². The Morgan fingerprint density at radius 1 is 1.37 bits per heavy atom. The zero-order valence-electron chi connectivity index (χ0n) is 11.2. The number of aliphatic hydroxyl groups is 1. The van der Waals surface area contributed by atoms with Crippen molar-refractivity contribution in [1.29, 1.82) is 0 Å². The van der Waals surface area contributed by atoms with Gasteiger partial charge in [-0.2, -0.15) is 0 Å². The van der Waals surface area contributed by atoms with Gasteiger partial charge in [0, 0.05) is 24.7 Å². The van der Waals surface area contributed by atoms with Crippen LogP contribution in [0.25, 0.3) is 0 Å². The molecule has 1 aromatic carbocycles. The number of rotatable bonds is 1. The van der Waals surface area contributed by atoms with Gasteiger partial charge in [-0.3, -0.25) is 0 Å². The van der Waals surface area contributed by atoms with Crippen LogP contribution in [0.5, 0.6) is 0 Å². The van der Waals surface area contributed by atoms with Crippen molar-refractivity contribution in [2.24, 2.45) is 11.8 Å². The molecule has 102 valence electrons. The summed E-state index contributed by atoms with van der Waals surface area (Å²) >= 11 is 0. The quantitative estimate of drug-likeness (QED) is 0.813. The van der Waals surface area contributed by atoms with Gasteiger partial charge in [-0.25, -0.2) is 4.79 Å². The number of likely N-dealkylation sites (tertiary alicyclic amines) is 1. The van der Waals surface area contributed by atoms with Crippen LogP contribution in [0.15, 0.2) is 24.3 Å². The molecular formula is C15H20N2O2. The third-order valence-corrected chi connectivity index (χ3v) is 4.38. The molecule has 2 N–H and O–H groups in total. The van der Waals surface area contributed by atoms with Crippen molar-refractivity contribution in [3.8, 4) is 0 Å². The Morgan fingerprint density at radius 3 is 2.95 bits per heavy atom. The van der Waals surface area contributed by atoms with Crippen molar-refractivity contribution in [3.63, 3.8) is 0 Å². The van der Waals surface area contributed by atoms with Crippen molar-refractivity contribution in [1.82, 2.24) is 4.90 Å². The fourth-order valence-electron chi connectivity index (χ4n) is 3.33. The van der Waals surface area contributed by atoms with E-state index in [1.165, 1.54) is 0 Å². The summed E-state index contributed by atoms with van der Waals surface area (Å²) in [4.78, 5) is 14.0. The minimum atomic E-state index is -0.221. The smallest absolute Gasteiger partial charge is 0.321 e. The fourth-order valence-corrected chi connectivity index (χ4v) is 3.33. The highest BCUT2D eigenvalue weighted by Crippen LogP contribution is 2.38. The molecule has 1 aromatic rings. The number of carbonyl (C=O) groups excluding carboxylic acids is 1. The molecule has 2 aliphatic rings. The Labute approximate surface area is 113 Å². The molecule has 4 nitrogen and oxygen atoms in total. The van der Waals surface area contributed by atoms with Gasteiger partial charge in [-0.15, -0.1) is 0 Å². The van der Waals surface area contributed by atoms with E-state index in [4.69, 9.17) is 0 Å². The molecule has 19 heavy (non-hydrogen) atoms. The van der Waals surface area contributed by atoms with Crippen molar-refractivity contribution < 1.29 is 9.90 Å². The van der Waals surface area contributed by atoms with E-state index in [1.807, 2.05) is 36.1 Å². The average Bonchev–Trinajstić information content (AvgIpc) is 2.92. The van der Waals surface area contributed by atoms with Gasteiger partial charge < -0.3 is 15.3 Å². The fraction of sp³-hybridized carbons (Fsp3) is 0.533. The second-order valence-corrected chi connectivity index (χ2v) is 5.77. The molecule has 3 atom stereocenters. The summed E-state index contributed by atoms with van der Waals surface area (Å²) in [5, 5.41) is 12.8. The summed E-state index contributed by atoms with van der Waals surface area (Å²) in [6.45, 7) is 3.47. The van der Waals surface area contributed by atoms with E-state index < -0.39 is 0 Å². The van der Waals surface area contributed by atoms with Crippen LogP contribution in [0, 0.1) is 18.8 Å².